The molecule has 132 valence electrons. The van der Waals surface area contributed by atoms with E-state index in [1.165, 1.54) is 12.8 Å². The minimum absolute atomic E-state index is 0.0169. The molecular weight excluding hydrogens is 304 g/mol. The van der Waals surface area contributed by atoms with Crippen LogP contribution in [0.25, 0.3) is 0 Å². The summed E-state index contributed by atoms with van der Waals surface area (Å²) in [6.07, 6.45) is 2.89. The molecule has 1 heterocycles. The van der Waals surface area contributed by atoms with Crippen LogP contribution < -0.4 is 21.3 Å². The number of rotatable bonds is 6. The van der Waals surface area contributed by atoms with Gasteiger partial charge < -0.3 is 21.3 Å². The average Bonchev–Trinajstić information content (AvgIpc) is 2.56. The molecule has 0 aliphatic carbocycles. The first-order valence-corrected chi connectivity index (χ1v) is 8.74. The van der Waals surface area contributed by atoms with Gasteiger partial charge in [-0.1, -0.05) is 13.0 Å². The van der Waals surface area contributed by atoms with E-state index in [1.54, 1.807) is 12.1 Å². The molecule has 4 N–H and O–H groups in total. The fourth-order valence-corrected chi connectivity index (χ4v) is 3.05. The number of carbonyl (C=O) groups excluding carboxylic acids is 2. The Bertz CT molecular complexity index is 556. The summed E-state index contributed by atoms with van der Waals surface area (Å²) in [5.41, 5.74) is 1.35. The highest BCUT2D eigenvalue weighted by Crippen LogP contribution is 2.23. The van der Waals surface area contributed by atoms with Gasteiger partial charge >= 0.3 is 6.03 Å². The number of nitrogens with one attached hydrogen (secondary N) is 4. The van der Waals surface area contributed by atoms with E-state index in [0.717, 1.165) is 13.1 Å². The van der Waals surface area contributed by atoms with Crippen LogP contribution in [0.1, 0.15) is 33.1 Å². The zero-order valence-electron chi connectivity index (χ0n) is 14.5. The number of anilines is 2. The van der Waals surface area contributed by atoms with Crippen molar-refractivity contribution in [2.75, 3.05) is 30.3 Å². The predicted octanol–water partition coefficient (Wildman–Crippen LogP) is 2.79. The molecule has 0 aromatic heterocycles. The van der Waals surface area contributed by atoms with E-state index in [2.05, 4.69) is 28.2 Å². The maximum atomic E-state index is 12.3. The number of benzene rings is 1. The summed E-state index contributed by atoms with van der Waals surface area (Å²) < 4.78 is 0. The van der Waals surface area contributed by atoms with Crippen LogP contribution in [-0.2, 0) is 4.79 Å². The third kappa shape index (κ3) is 5.85. The van der Waals surface area contributed by atoms with Crippen molar-refractivity contribution >= 4 is 23.3 Å². The Morgan fingerprint density at radius 1 is 1.29 bits per heavy atom. The number of carbonyl (C=O) groups is 2. The molecule has 2 unspecified atom stereocenters. The molecule has 1 aromatic carbocycles. The molecule has 24 heavy (non-hydrogen) atoms. The highest BCUT2D eigenvalue weighted by atomic mass is 16.2. The summed E-state index contributed by atoms with van der Waals surface area (Å²) in [4.78, 5) is 23.8. The molecule has 1 aromatic rings. The Labute approximate surface area is 143 Å². The summed E-state index contributed by atoms with van der Waals surface area (Å²) >= 11 is 0. The molecule has 1 fully saturated rings. The van der Waals surface area contributed by atoms with Crippen molar-refractivity contribution in [3.63, 3.8) is 0 Å². The monoisotopic (exact) mass is 332 g/mol. The summed E-state index contributed by atoms with van der Waals surface area (Å²) in [5, 5.41) is 11.7. The zero-order chi connectivity index (χ0) is 17.4. The number of hydrogen-bond donors (Lipinski definition) is 4. The Balaban J connectivity index is 1.85. The number of urea groups is 1. The van der Waals surface area contributed by atoms with Crippen molar-refractivity contribution < 1.29 is 9.59 Å². The molecule has 2 atom stereocenters. The lowest BCUT2D eigenvalue weighted by atomic mass is 9.85. The lowest BCUT2D eigenvalue weighted by Crippen LogP contribution is -2.34. The summed E-state index contributed by atoms with van der Waals surface area (Å²) in [6.45, 7) is 6.65. The van der Waals surface area contributed by atoms with Crippen LogP contribution in [0.3, 0.4) is 0 Å². The summed E-state index contributed by atoms with van der Waals surface area (Å²) in [5.74, 6) is 0.938. The summed E-state index contributed by atoms with van der Waals surface area (Å²) in [6, 6.07) is 6.94. The first-order valence-electron chi connectivity index (χ1n) is 8.74. The first kappa shape index (κ1) is 18.3. The third-order valence-electron chi connectivity index (χ3n) is 4.39. The second kappa shape index (κ2) is 9.27. The van der Waals surface area contributed by atoms with Gasteiger partial charge in [0.05, 0.1) is 0 Å². The highest BCUT2D eigenvalue weighted by Gasteiger charge is 2.22. The molecule has 0 saturated carbocycles. The Morgan fingerprint density at radius 2 is 2.04 bits per heavy atom. The van der Waals surface area contributed by atoms with Crippen molar-refractivity contribution in [3.8, 4) is 0 Å². The van der Waals surface area contributed by atoms with Crippen molar-refractivity contribution in [3.05, 3.63) is 24.3 Å². The van der Waals surface area contributed by atoms with E-state index in [-0.39, 0.29) is 11.9 Å². The van der Waals surface area contributed by atoms with E-state index < -0.39 is 0 Å². The quantitative estimate of drug-likeness (QED) is 0.646. The Hall–Kier alpha value is -2.08. The largest absolute Gasteiger partial charge is 0.338 e. The number of piperidine rings is 1. The van der Waals surface area contributed by atoms with Gasteiger partial charge in [0.25, 0.3) is 0 Å². The van der Waals surface area contributed by atoms with Gasteiger partial charge in [-0.15, -0.1) is 0 Å². The minimum atomic E-state index is -0.251. The minimum Gasteiger partial charge on any atom is -0.338 e. The SMILES string of the molecule is CCNC(=O)Nc1cccc(NC(=O)CC(C)C2CCCNC2)c1. The average molecular weight is 332 g/mol. The zero-order valence-corrected chi connectivity index (χ0v) is 14.5. The van der Waals surface area contributed by atoms with Crippen LogP contribution in [0.4, 0.5) is 16.2 Å². The van der Waals surface area contributed by atoms with Gasteiger partial charge in [0.15, 0.2) is 0 Å². The van der Waals surface area contributed by atoms with E-state index in [1.807, 2.05) is 19.1 Å². The van der Waals surface area contributed by atoms with E-state index in [4.69, 9.17) is 0 Å². The predicted molar refractivity (Wildman–Crippen MR) is 97.1 cm³/mol. The maximum Gasteiger partial charge on any atom is 0.319 e. The van der Waals surface area contributed by atoms with Gasteiger partial charge in [0, 0.05) is 24.3 Å². The van der Waals surface area contributed by atoms with Crippen LogP contribution in [0.2, 0.25) is 0 Å². The van der Waals surface area contributed by atoms with Crippen LogP contribution >= 0.6 is 0 Å². The van der Waals surface area contributed by atoms with E-state index in [9.17, 15) is 9.59 Å². The fourth-order valence-electron chi connectivity index (χ4n) is 3.05. The first-order chi connectivity index (χ1) is 11.6. The standard InChI is InChI=1S/C18H28N4O2/c1-3-20-18(24)22-16-8-4-7-15(11-16)21-17(23)10-13(2)14-6-5-9-19-12-14/h4,7-8,11,13-14,19H,3,5-6,9-10,12H2,1-2H3,(H,21,23)(H2,20,22,24). The van der Waals surface area contributed by atoms with Crippen LogP contribution in [0.15, 0.2) is 24.3 Å². The lowest BCUT2D eigenvalue weighted by Gasteiger charge is -2.28. The van der Waals surface area contributed by atoms with Gasteiger partial charge in [0.1, 0.15) is 0 Å². The molecule has 6 nitrogen and oxygen atoms in total. The van der Waals surface area contributed by atoms with Crippen molar-refractivity contribution in [2.45, 2.75) is 33.1 Å². The maximum absolute atomic E-state index is 12.3. The molecule has 3 amide bonds. The fraction of sp³-hybridized carbons (Fsp3) is 0.556. The van der Waals surface area contributed by atoms with Crippen molar-refractivity contribution in [2.24, 2.45) is 11.8 Å². The van der Waals surface area contributed by atoms with Gasteiger partial charge in [-0.3, -0.25) is 4.79 Å². The smallest absolute Gasteiger partial charge is 0.319 e. The molecule has 0 spiro atoms. The van der Waals surface area contributed by atoms with Crippen molar-refractivity contribution in [1.29, 1.82) is 0 Å². The molecule has 0 bridgehead atoms. The normalized spacial score (nSPS) is 18.5. The van der Waals surface area contributed by atoms with Crippen LogP contribution in [-0.4, -0.2) is 31.6 Å². The second-order valence-electron chi connectivity index (χ2n) is 6.40. The molecule has 1 aliphatic rings. The third-order valence-corrected chi connectivity index (χ3v) is 4.39. The molecule has 0 radical (unpaired) electrons. The van der Waals surface area contributed by atoms with Gasteiger partial charge in [-0.2, -0.15) is 0 Å². The number of hydrogen-bond acceptors (Lipinski definition) is 3. The van der Waals surface area contributed by atoms with Gasteiger partial charge in [-0.25, -0.2) is 4.79 Å². The van der Waals surface area contributed by atoms with E-state index in [0.29, 0.717) is 36.2 Å². The number of amides is 3. The molecular formula is C18H28N4O2. The highest BCUT2D eigenvalue weighted by molar-refractivity contribution is 5.93. The van der Waals surface area contributed by atoms with Crippen LogP contribution in [0.5, 0.6) is 0 Å². The summed E-state index contributed by atoms with van der Waals surface area (Å²) in [7, 11) is 0. The second-order valence-corrected chi connectivity index (χ2v) is 6.40. The van der Waals surface area contributed by atoms with Gasteiger partial charge in [0.2, 0.25) is 5.91 Å². The lowest BCUT2D eigenvalue weighted by molar-refractivity contribution is -0.117. The molecule has 2 rings (SSSR count). The Morgan fingerprint density at radius 3 is 2.71 bits per heavy atom. The van der Waals surface area contributed by atoms with Crippen LogP contribution in [0, 0.1) is 11.8 Å². The van der Waals surface area contributed by atoms with E-state index >= 15 is 0 Å². The topological polar surface area (TPSA) is 82.3 Å². The molecule has 6 heteroatoms. The Kier molecular flexibility index (Phi) is 7.06. The van der Waals surface area contributed by atoms with Gasteiger partial charge in [-0.05, 0) is 62.9 Å². The molecule has 1 saturated heterocycles. The molecule has 1 aliphatic heterocycles. The van der Waals surface area contributed by atoms with Crippen molar-refractivity contribution in [1.82, 2.24) is 10.6 Å².